The number of hydrogen-bond donors (Lipinski definition) is 0. The number of nitriles is 1. The molecule has 1 aliphatic rings. The van der Waals surface area contributed by atoms with Crippen molar-refractivity contribution < 1.29 is 14.3 Å². The molecule has 2 aromatic rings. The summed E-state index contributed by atoms with van der Waals surface area (Å²) in [5.74, 6) is -0.463. The Balaban J connectivity index is 2.22. The van der Waals surface area contributed by atoms with E-state index in [0.717, 1.165) is 4.90 Å². The van der Waals surface area contributed by atoms with Gasteiger partial charge in [0.25, 0.3) is 5.91 Å². The average Bonchev–Trinajstić information content (AvgIpc) is 2.90. The Kier molecular flexibility index (Phi) is 5.18. The predicted octanol–water partition coefficient (Wildman–Crippen LogP) is 4.78. The molecular formula is C22H21ClN2O3. The lowest BCUT2D eigenvalue weighted by molar-refractivity contribution is -0.121. The van der Waals surface area contributed by atoms with Gasteiger partial charge in [-0.3, -0.25) is 4.79 Å². The first-order chi connectivity index (χ1) is 13.2. The summed E-state index contributed by atoms with van der Waals surface area (Å²) in [5.41, 5.74) is -0.229. The number of ether oxygens (including phenoxy) is 1. The van der Waals surface area contributed by atoms with Crippen molar-refractivity contribution in [3.63, 3.8) is 0 Å². The highest BCUT2D eigenvalue weighted by molar-refractivity contribution is 6.25. The Hall–Kier alpha value is -2.84. The third-order valence-corrected chi connectivity index (χ3v) is 4.89. The Bertz CT molecular complexity index is 946. The van der Waals surface area contributed by atoms with Crippen molar-refractivity contribution in [1.82, 2.24) is 0 Å². The van der Waals surface area contributed by atoms with E-state index in [-0.39, 0.29) is 6.42 Å². The number of carbonyl (C=O) groups is 2. The van der Waals surface area contributed by atoms with Gasteiger partial charge in [0.15, 0.2) is 0 Å². The van der Waals surface area contributed by atoms with E-state index in [4.69, 9.17) is 16.3 Å². The lowest BCUT2D eigenvalue weighted by Gasteiger charge is -2.30. The van der Waals surface area contributed by atoms with Crippen LogP contribution in [-0.4, -0.2) is 23.0 Å². The summed E-state index contributed by atoms with van der Waals surface area (Å²) in [6.07, 6.45) is -0.699. The van der Waals surface area contributed by atoms with Gasteiger partial charge in [-0.05, 0) is 44.4 Å². The Morgan fingerprint density at radius 1 is 1.18 bits per heavy atom. The largest absolute Gasteiger partial charge is 0.443 e. The number of para-hydroxylation sites is 1. The van der Waals surface area contributed by atoms with Gasteiger partial charge in [-0.1, -0.05) is 48.5 Å². The van der Waals surface area contributed by atoms with Crippen LogP contribution < -0.4 is 4.90 Å². The fourth-order valence-corrected chi connectivity index (χ4v) is 3.80. The molecule has 6 heteroatoms. The molecule has 0 radical (unpaired) electrons. The van der Waals surface area contributed by atoms with Crippen molar-refractivity contribution in [2.24, 2.45) is 0 Å². The minimum atomic E-state index is -1.24. The van der Waals surface area contributed by atoms with E-state index in [1.165, 1.54) is 0 Å². The molecule has 0 saturated carbocycles. The number of benzene rings is 2. The molecule has 0 aliphatic carbocycles. The van der Waals surface area contributed by atoms with Gasteiger partial charge in [0.2, 0.25) is 0 Å². The summed E-state index contributed by atoms with van der Waals surface area (Å²) in [5, 5.41) is 8.41. The zero-order chi connectivity index (χ0) is 20.5. The van der Waals surface area contributed by atoms with Crippen LogP contribution in [0.2, 0.25) is 0 Å². The van der Waals surface area contributed by atoms with E-state index in [2.05, 4.69) is 0 Å². The number of fused-ring (bicyclic) bond motifs is 1. The standard InChI is InChI=1S/C22H21ClN2O3/c1-21(2,3)28-20(27)25-18-12-8-7-11-17(18)22(19(25)26,13-16(23)14-24)15-9-5-4-6-10-15/h4-12,16H,13H2,1-3H3. The van der Waals surface area contributed by atoms with E-state index >= 15 is 0 Å². The van der Waals surface area contributed by atoms with E-state index in [0.29, 0.717) is 16.8 Å². The van der Waals surface area contributed by atoms with Crippen LogP contribution in [0.25, 0.3) is 0 Å². The lowest BCUT2D eigenvalue weighted by Crippen LogP contribution is -2.46. The van der Waals surface area contributed by atoms with Gasteiger partial charge in [0, 0.05) is 0 Å². The van der Waals surface area contributed by atoms with Crippen LogP contribution in [-0.2, 0) is 14.9 Å². The molecule has 5 nitrogen and oxygen atoms in total. The summed E-state index contributed by atoms with van der Waals surface area (Å²) in [7, 11) is 0. The highest BCUT2D eigenvalue weighted by Crippen LogP contribution is 2.49. The quantitative estimate of drug-likeness (QED) is 0.700. The number of amides is 2. The summed E-state index contributed by atoms with van der Waals surface area (Å²) in [4.78, 5) is 27.7. The van der Waals surface area contributed by atoms with Crippen molar-refractivity contribution in [3.8, 4) is 6.07 Å². The molecule has 28 heavy (non-hydrogen) atoms. The van der Waals surface area contributed by atoms with Crippen LogP contribution in [0, 0.1) is 11.3 Å². The van der Waals surface area contributed by atoms with Crippen LogP contribution in [0.5, 0.6) is 0 Å². The molecule has 3 rings (SSSR count). The molecule has 0 fully saturated rings. The highest BCUT2D eigenvalue weighted by Gasteiger charge is 2.55. The lowest BCUT2D eigenvalue weighted by atomic mass is 9.72. The molecule has 1 heterocycles. The summed E-state index contributed by atoms with van der Waals surface area (Å²) in [6, 6.07) is 18.2. The fourth-order valence-electron chi connectivity index (χ4n) is 3.57. The molecule has 0 saturated heterocycles. The normalized spacial score (nSPS) is 19.7. The van der Waals surface area contributed by atoms with Crippen molar-refractivity contribution in [2.75, 3.05) is 4.90 Å². The third kappa shape index (κ3) is 3.36. The van der Waals surface area contributed by atoms with Gasteiger partial charge in [-0.25, -0.2) is 9.69 Å². The van der Waals surface area contributed by atoms with Crippen molar-refractivity contribution in [3.05, 3.63) is 65.7 Å². The minimum Gasteiger partial charge on any atom is -0.443 e. The second-order valence-electron chi connectivity index (χ2n) is 7.71. The summed E-state index contributed by atoms with van der Waals surface area (Å²) < 4.78 is 5.48. The van der Waals surface area contributed by atoms with E-state index in [1.54, 1.807) is 45.0 Å². The average molecular weight is 397 g/mol. The molecule has 0 bridgehead atoms. The first-order valence-corrected chi connectivity index (χ1v) is 9.40. The van der Waals surface area contributed by atoms with Gasteiger partial charge in [0.1, 0.15) is 16.4 Å². The Morgan fingerprint density at radius 2 is 1.79 bits per heavy atom. The molecule has 0 N–H and O–H groups in total. The van der Waals surface area contributed by atoms with E-state index < -0.39 is 28.4 Å². The zero-order valence-corrected chi connectivity index (χ0v) is 16.7. The minimum absolute atomic E-state index is 0.0458. The maximum absolute atomic E-state index is 13.7. The number of alkyl halides is 1. The van der Waals surface area contributed by atoms with Crippen LogP contribution in [0.4, 0.5) is 10.5 Å². The molecule has 1 aliphatic heterocycles. The van der Waals surface area contributed by atoms with Crippen LogP contribution in [0.15, 0.2) is 54.6 Å². The van der Waals surface area contributed by atoms with Gasteiger partial charge < -0.3 is 4.74 Å². The zero-order valence-electron chi connectivity index (χ0n) is 16.0. The van der Waals surface area contributed by atoms with Crippen LogP contribution in [0.3, 0.4) is 0 Å². The van der Waals surface area contributed by atoms with Gasteiger partial charge in [-0.2, -0.15) is 5.26 Å². The number of nitrogens with zero attached hydrogens (tertiary/aromatic N) is 2. The second kappa shape index (κ2) is 7.29. The molecule has 2 amide bonds. The smallest absolute Gasteiger partial charge is 0.421 e. The van der Waals surface area contributed by atoms with Gasteiger partial charge in [0.05, 0.1) is 11.8 Å². The summed E-state index contributed by atoms with van der Waals surface area (Å²) >= 11 is 6.20. The molecule has 2 unspecified atom stereocenters. The van der Waals surface area contributed by atoms with Crippen LogP contribution in [0.1, 0.15) is 38.3 Å². The SMILES string of the molecule is CC(C)(C)OC(=O)N1C(=O)C(CC(Cl)C#N)(c2ccccc2)c2ccccc21. The number of halogens is 1. The van der Waals surface area contributed by atoms with E-state index in [1.807, 2.05) is 36.4 Å². The molecule has 2 aromatic carbocycles. The number of carbonyl (C=O) groups excluding carboxylic acids is 2. The number of rotatable bonds is 3. The second-order valence-corrected chi connectivity index (χ2v) is 8.24. The topological polar surface area (TPSA) is 70.4 Å². The molecule has 2 atom stereocenters. The molecular weight excluding hydrogens is 376 g/mol. The van der Waals surface area contributed by atoms with E-state index in [9.17, 15) is 14.9 Å². The monoisotopic (exact) mass is 396 g/mol. The maximum atomic E-state index is 13.7. The predicted molar refractivity (Wildman–Crippen MR) is 107 cm³/mol. The fraction of sp³-hybridized carbons (Fsp3) is 0.318. The molecule has 0 aromatic heterocycles. The first-order valence-electron chi connectivity index (χ1n) is 8.97. The Morgan fingerprint density at radius 3 is 2.39 bits per heavy atom. The third-order valence-electron chi connectivity index (χ3n) is 4.64. The van der Waals surface area contributed by atoms with Crippen molar-refractivity contribution in [1.29, 1.82) is 5.26 Å². The number of imide groups is 1. The Labute approximate surface area is 169 Å². The van der Waals surface area contributed by atoms with Crippen molar-refractivity contribution in [2.45, 2.75) is 43.6 Å². The van der Waals surface area contributed by atoms with Crippen LogP contribution >= 0.6 is 11.6 Å². The van der Waals surface area contributed by atoms with Crippen molar-refractivity contribution >= 4 is 29.3 Å². The molecule has 0 spiro atoms. The molecule has 144 valence electrons. The van der Waals surface area contributed by atoms with Gasteiger partial charge >= 0.3 is 6.09 Å². The highest BCUT2D eigenvalue weighted by atomic mass is 35.5. The number of anilines is 1. The first kappa shape index (κ1) is 19.9. The van der Waals surface area contributed by atoms with Gasteiger partial charge in [-0.15, -0.1) is 11.6 Å². The summed E-state index contributed by atoms with van der Waals surface area (Å²) in [6.45, 7) is 5.23. The number of hydrogen-bond acceptors (Lipinski definition) is 4. The maximum Gasteiger partial charge on any atom is 0.421 e.